The van der Waals surface area contributed by atoms with Gasteiger partial charge in [-0.05, 0) is 12.8 Å². The molecule has 5 heteroatoms. The molecule has 0 aliphatic heterocycles. The summed E-state index contributed by atoms with van der Waals surface area (Å²) in [6.07, 6.45) is 4.12. The van der Waals surface area contributed by atoms with Crippen molar-refractivity contribution in [3.05, 3.63) is 18.0 Å². The predicted octanol–water partition coefficient (Wildman–Crippen LogP) is 3.23. The fraction of sp³-hybridized carbons (Fsp3) is 0.500. The van der Waals surface area contributed by atoms with Gasteiger partial charge in [-0.25, -0.2) is 4.98 Å². The van der Waals surface area contributed by atoms with E-state index in [4.69, 9.17) is 19.7 Å². The molecule has 1 aromatic heterocycles. The van der Waals surface area contributed by atoms with Gasteiger partial charge in [0.2, 0.25) is 0 Å². The number of hydrogen-bond acceptors (Lipinski definition) is 4. The second kappa shape index (κ2) is 5.65. The number of fused-ring (bicyclic) bond motifs is 1. The highest BCUT2D eigenvalue weighted by atomic mass is 16.5. The molecule has 0 amide bonds. The van der Waals surface area contributed by atoms with Crippen LogP contribution in [0, 0.1) is 11.3 Å². The highest BCUT2D eigenvalue weighted by Crippen LogP contribution is 2.39. The van der Waals surface area contributed by atoms with E-state index in [-0.39, 0.29) is 0 Å². The van der Waals surface area contributed by atoms with E-state index in [9.17, 15) is 0 Å². The molecule has 0 N–H and O–H groups in total. The molecule has 5 nitrogen and oxygen atoms in total. The first kappa shape index (κ1) is 13.7. The van der Waals surface area contributed by atoms with Crippen LogP contribution in [0.3, 0.4) is 0 Å². The minimum Gasteiger partial charge on any atom is -0.493 e. The van der Waals surface area contributed by atoms with Crippen LogP contribution in [0.5, 0.6) is 11.5 Å². The van der Waals surface area contributed by atoms with Gasteiger partial charge in [-0.2, -0.15) is 5.26 Å². The topological polar surface area (TPSA) is 60.1 Å². The number of hydrogen-bond donors (Lipinski definition) is 0. The minimum atomic E-state index is 0.486. The Morgan fingerprint density at radius 2 is 2.00 bits per heavy atom. The van der Waals surface area contributed by atoms with Crippen molar-refractivity contribution in [1.29, 1.82) is 5.26 Å². The van der Waals surface area contributed by atoms with Gasteiger partial charge in [0.15, 0.2) is 11.5 Å². The molecule has 110 valence electrons. The van der Waals surface area contributed by atoms with Crippen molar-refractivity contribution in [1.82, 2.24) is 9.55 Å². The van der Waals surface area contributed by atoms with Crippen molar-refractivity contribution in [2.75, 3.05) is 14.2 Å². The molecule has 0 unspecified atom stereocenters. The maximum Gasteiger partial charge on any atom is 0.163 e. The van der Waals surface area contributed by atoms with Crippen molar-refractivity contribution < 1.29 is 9.47 Å². The zero-order valence-electron chi connectivity index (χ0n) is 12.4. The number of imidazole rings is 1. The predicted molar refractivity (Wildman–Crippen MR) is 79.7 cm³/mol. The monoisotopic (exact) mass is 285 g/mol. The van der Waals surface area contributed by atoms with Crippen molar-refractivity contribution in [2.45, 2.75) is 38.1 Å². The number of methoxy groups -OCH3 is 2. The molecule has 0 spiro atoms. The van der Waals surface area contributed by atoms with Crippen molar-refractivity contribution in [3.8, 4) is 17.6 Å². The first-order valence-electron chi connectivity index (χ1n) is 7.27. The summed E-state index contributed by atoms with van der Waals surface area (Å²) >= 11 is 0. The average molecular weight is 285 g/mol. The zero-order valence-corrected chi connectivity index (χ0v) is 12.4. The largest absolute Gasteiger partial charge is 0.493 e. The summed E-state index contributed by atoms with van der Waals surface area (Å²) in [6, 6.07) is 6.09. The van der Waals surface area contributed by atoms with E-state index in [0.29, 0.717) is 30.4 Å². The van der Waals surface area contributed by atoms with Crippen LogP contribution in [-0.2, 0) is 6.54 Å². The normalized spacial score (nSPS) is 14.7. The Hall–Kier alpha value is -2.22. The van der Waals surface area contributed by atoms with Crippen LogP contribution in [-0.4, -0.2) is 23.8 Å². The molecule has 1 heterocycles. The standard InChI is InChI=1S/C16H19N3O2/c1-20-14-9-12-13(10-15(14)21-2)19(8-4-7-17)16(18-12)11-5-3-6-11/h9-11H,3-6,8H2,1-2H3. The van der Waals surface area contributed by atoms with Gasteiger partial charge < -0.3 is 14.0 Å². The highest BCUT2D eigenvalue weighted by molar-refractivity contribution is 5.81. The molecule has 1 aliphatic carbocycles. The molecular weight excluding hydrogens is 266 g/mol. The molecule has 1 aliphatic rings. The Morgan fingerprint density at radius 1 is 1.29 bits per heavy atom. The average Bonchev–Trinajstić information content (AvgIpc) is 2.78. The van der Waals surface area contributed by atoms with E-state index < -0.39 is 0 Å². The third-order valence-corrected chi connectivity index (χ3v) is 4.20. The third kappa shape index (κ3) is 2.31. The van der Waals surface area contributed by atoms with Crippen molar-refractivity contribution in [3.63, 3.8) is 0 Å². The lowest BCUT2D eigenvalue weighted by Gasteiger charge is -2.25. The van der Waals surface area contributed by atoms with Gasteiger partial charge in [-0.1, -0.05) is 6.42 Å². The Kier molecular flexibility index (Phi) is 3.70. The van der Waals surface area contributed by atoms with E-state index in [1.54, 1.807) is 14.2 Å². The lowest BCUT2D eigenvalue weighted by molar-refractivity contribution is 0.355. The van der Waals surface area contributed by atoms with Crippen LogP contribution in [0.1, 0.15) is 37.4 Å². The quantitative estimate of drug-likeness (QED) is 0.846. The van der Waals surface area contributed by atoms with Gasteiger partial charge in [0.25, 0.3) is 0 Å². The molecular formula is C16H19N3O2. The van der Waals surface area contributed by atoms with Crippen LogP contribution < -0.4 is 9.47 Å². The Bertz CT molecular complexity index is 696. The first-order chi connectivity index (χ1) is 10.3. The van der Waals surface area contributed by atoms with Crippen LogP contribution in [0.2, 0.25) is 0 Å². The van der Waals surface area contributed by atoms with Gasteiger partial charge in [0.1, 0.15) is 5.82 Å². The van der Waals surface area contributed by atoms with Gasteiger partial charge >= 0.3 is 0 Å². The fourth-order valence-corrected chi connectivity index (χ4v) is 2.85. The van der Waals surface area contributed by atoms with Crippen molar-refractivity contribution in [2.24, 2.45) is 0 Å². The second-order valence-electron chi connectivity index (χ2n) is 5.35. The number of nitrogens with zero attached hydrogens (tertiary/aromatic N) is 3. The minimum absolute atomic E-state index is 0.486. The zero-order chi connectivity index (χ0) is 14.8. The van der Waals surface area contributed by atoms with Gasteiger partial charge in [0, 0.05) is 24.6 Å². The number of ether oxygens (including phenoxy) is 2. The molecule has 0 bridgehead atoms. The van der Waals surface area contributed by atoms with Crippen LogP contribution in [0.25, 0.3) is 11.0 Å². The van der Waals surface area contributed by atoms with Gasteiger partial charge in [-0.3, -0.25) is 0 Å². The third-order valence-electron chi connectivity index (χ3n) is 4.20. The summed E-state index contributed by atoms with van der Waals surface area (Å²) in [5, 5.41) is 8.89. The summed E-state index contributed by atoms with van der Waals surface area (Å²) < 4.78 is 12.9. The molecule has 2 aromatic rings. The lowest BCUT2D eigenvalue weighted by Crippen LogP contribution is -2.15. The number of aryl methyl sites for hydroxylation is 1. The summed E-state index contributed by atoms with van der Waals surface area (Å²) in [5.41, 5.74) is 1.93. The summed E-state index contributed by atoms with van der Waals surface area (Å²) in [7, 11) is 3.26. The Morgan fingerprint density at radius 3 is 2.57 bits per heavy atom. The van der Waals surface area contributed by atoms with Crippen LogP contribution >= 0.6 is 0 Å². The van der Waals surface area contributed by atoms with E-state index in [2.05, 4.69) is 10.6 Å². The van der Waals surface area contributed by atoms with E-state index >= 15 is 0 Å². The van der Waals surface area contributed by atoms with Crippen LogP contribution in [0.15, 0.2) is 12.1 Å². The summed E-state index contributed by atoms with van der Waals surface area (Å²) in [5.74, 6) is 3.01. The Labute approximate surface area is 124 Å². The molecule has 0 atom stereocenters. The fourth-order valence-electron chi connectivity index (χ4n) is 2.85. The Balaban J connectivity index is 2.14. The summed E-state index contributed by atoms with van der Waals surface area (Å²) in [6.45, 7) is 0.675. The molecule has 1 saturated carbocycles. The van der Waals surface area contributed by atoms with Crippen LogP contribution in [0.4, 0.5) is 0 Å². The van der Waals surface area contributed by atoms with Gasteiger partial charge in [0.05, 0.1) is 37.7 Å². The highest BCUT2D eigenvalue weighted by Gasteiger charge is 2.26. The lowest BCUT2D eigenvalue weighted by atomic mass is 9.85. The second-order valence-corrected chi connectivity index (χ2v) is 5.35. The number of rotatable bonds is 5. The van der Waals surface area contributed by atoms with E-state index in [1.807, 2.05) is 12.1 Å². The molecule has 3 rings (SSSR count). The van der Waals surface area contributed by atoms with E-state index in [0.717, 1.165) is 16.9 Å². The van der Waals surface area contributed by atoms with Gasteiger partial charge in [-0.15, -0.1) is 0 Å². The number of aromatic nitrogens is 2. The molecule has 0 radical (unpaired) electrons. The molecule has 1 aromatic carbocycles. The summed E-state index contributed by atoms with van der Waals surface area (Å²) in [4.78, 5) is 4.79. The number of benzene rings is 1. The number of nitriles is 1. The smallest absolute Gasteiger partial charge is 0.163 e. The van der Waals surface area contributed by atoms with E-state index in [1.165, 1.54) is 19.3 Å². The SMILES string of the molecule is COc1cc2nc(C3CCC3)n(CCC#N)c2cc1OC. The maximum absolute atomic E-state index is 8.89. The molecule has 0 saturated heterocycles. The maximum atomic E-state index is 8.89. The molecule has 21 heavy (non-hydrogen) atoms. The first-order valence-corrected chi connectivity index (χ1v) is 7.27. The molecule has 1 fully saturated rings. The van der Waals surface area contributed by atoms with Crippen molar-refractivity contribution >= 4 is 11.0 Å².